The number of benzene rings is 3. The van der Waals surface area contributed by atoms with E-state index in [0.717, 1.165) is 39.9 Å². The van der Waals surface area contributed by atoms with Crippen molar-refractivity contribution in [1.29, 1.82) is 0 Å². The van der Waals surface area contributed by atoms with Crippen LogP contribution in [0.2, 0.25) is 0 Å². The highest BCUT2D eigenvalue weighted by Crippen LogP contribution is 2.37. The Morgan fingerprint density at radius 1 is 1.05 bits per heavy atom. The number of aryl methyl sites for hydroxylation is 2. The van der Waals surface area contributed by atoms with Crippen molar-refractivity contribution in [1.82, 2.24) is 9.88 Å². The van der Waals surface area contributed by atoms with Gasteiger partial charge in [0.15, 0.2) is 5.13 Å². The Kier molecular flexibility index (Phi) is 7.61. The van der Waals surface area contributed by atoms with Crippen LogP contribution >= 0.6 is 11.3 Å². The molecule has 0 aliphatic carbocycles. The molecule has 2 heterocycles. The normalized spacial score (nSPS) is 13.5. The number of rotatable bonds is 8. The standard InChI is InChI=1S/C29H32N4O4S2/c1-20-11-16-25(37-4)26-27(20)38-29(30-26)32(19-18-31(2)3)28(34)22-12-14-23(15-13-22)39(35,36)33-17-7-9-21-8-5-6-10-24(21)33/h5-6,8,10-16H,7,9,17-19H2,1-4H3. The molecule has 0 unspecified atom stereocenters. The molecular weight excluding hydrogens is 532 g/mol. The first-order chi connectivity index (χ1) is 18.7. The first kappa shape index (κ1) is 27.1. The number of fused-ring (bicyclic) bond motifs is 2. The van der Waals surface area contributed by atoms with Gasteiger partial charge in [-0.3, -0.25) is 14.0 Å². The van der Waals surface area contributed by atoms with E-state index in [1.54, 1.807) is 24.1 Å². The number of para-hydroxylation sites is 1. The fourth-order valence-corrected chi connectivity index (χ4v) is 7.38. The molecule has 1 aliphatic rings. The molecule has 1 aromatic heterocycles. The largest absolute Gasteiger partial charge is 0.494 e. The highest BCUT2D eigenvalue weighted by atomic mass is 32.2. The molecule has 204 valence electrons. The Morgan fingerprint density at radius 2 is 1.79 bits per heavy atom. The summed E-state index contributed by atoms with van der Waals surface area (Å²) in [6.07, 6.45) is 1.62. The number of sulfonamides is 1. The molecule has 8 nitrogen and oxygen atoms in total. The van der Waals surface area contributed by atoms with Gasteiger partial charge in [-0.2, -0.15) is 0 Å². The molecule has 4 aromatic rings. The van der Waals surface area contributed by atoms with Crippen molar-refractivity contribution in [2.24, 2.45) is 0 Å². The van der Waals surface area contributed by atoms with Crippen LogP contribution in [0.3, 0.4) is 0 Å². The van der Waals surface area contributed by atoms with Gasteiger partial charge >= 0.3 is 0 Å². The fraction of sp³-hybridized carbons (Fsp3) is 0.310. The molecule has 0 saturated carbocycles. The van der Waals surface area contributed by atoms with Crippen molar-refractivity contribution in [2.75, 3.05) is 50.0 Å². The number of amides is 1. The van der Waals surface area contributed by atoms with Gasteiger partial charge in [0, 0.05) is 25.2 Å². The zero-order chi connectivity index (χ0) is 27.7. The third-order valence-electron chi connectivity index (χ3n) is 6.92. The third kappa shape index (κ3) is 5.24. The summed E-state index contributed by atoms with van der Waals surface area (Å²) in [5.74, 6) is 0.423. The van der Waals surface area contributed by atoms with Crippen LogP contribution in [0.25, 0.3) is 10.2 Å². The van der Waals surface area contributed by atoms with Gasteiger partial charge in [-0.25, -0.2) is 13.4 Å². The van der Waals surface area contributed by atoms with Gasteiger partial charge in [-0.15, -0.1) is 0 Å². The zero-order valence-electron chi connectivity index (χ0n) is 22.5. The summed E-state index contributed by atoms with van der Waals surface area (Å²) < 4.78 is 35.1. The van der Waals surface area contributed by atoms with Gasteiger partial charge in [0.1, 0.15) is 11.3 Å². The smallest absolute Gasteiger partial charge is 0.264 e. The minimum absolute atomic E-state index is 0.163. The van der Waals surface area contributed by atoms with E-state index in [2.05, 4.69) is 0 Å². The number of nitrogens with zero attached hydrogens (tertiary/aromatic N) is 4. The highest BCUT2D eigenvalue weighted by Gasteiger charge is 2.29. The average molecular weight is 565 g/mol. The van der Waals surface area contributed by atoms with E-state index in [9.17, 15) is 13.2 Å². The predicted molar refractivity (Wildman–Crippen MR) is 157 cm³/mol. The van der Waals surface area contributed by atoms with Crippen LogP contribution < -0.4 is 13.9 Å². The van der Waals surface area contributed by atoms with Crippen molar-refractivity contribution in [2.45, 2.75) is 24.7 Å². The quantitative estimate of drug-likeness (QED) is 0.301. The van der Waals surface area contributed by atoms with Crippen molar-refractivity contribution >= 4 is 48.3 Å². The number of carbonyl (C=O) groups is 1. The van der Waals surface area contributed by atoms with E-state index in [-0.39, 0.29) is 10.8 Å². The number of carbonyl (C=O) groups excluding carboxylic acids is 1. The summed E-state index contributed by atoms with van der Waals surface area (Å²) in [5, 5.41) is 0.575. The van der Waals surface area contributed by atoms with Crippen LogP contribution in [-0.4, -0.2) is 65.0 Å². The van der Waals surface area contributed by atoms with Crippen LogP contribution in [-0.2, 0) is 16.4 Å². The van der Waals surface area contributed by atoms with E-state index < -0.39 is 10.0 Å². The maximum Gasteiger partial charge on any atom is 0.264 e. The molecule has 3 aromatic carbocycles. The second-order valence-corrected chi connectivity index (χ2v) is 12.7. The van der Waals surface area contributed by atoms with Crippen molar-refractivity contribution in [3.8, 4) is 5.75 Å². The minimum Gasteiger partial charge on any atom is -0.494 e. The van der Waals surface area contributed by atoms with E-state index in [1.807, 2.05) is 62.3 Å². The Labute approximate surface area is 233 Å². The molecule has 0 N–H and O–H groups in total. The Bertz CT molecular complexity index is 1610. The first-order valence-corrected chi connectivity index (χ1v) is 15.1. The lowest BCUT2D eigenvalue weighted by atomic mass is 10.0. The highest BCUT2D eigenvalue weighted by molar-refractivity contribution is 7.92. The maximum absolute atomic E-state index is 13.8. The van der Waals surface area contributed by atoms with Crippen LogP contribution in [0.15, 0.2) is 65.6 Å². The first-order valence-electron chi connectivity index (χ1n) is 12.8. The van der Waals surface area contributed by atoms with E-state index in [0.29, 0.717) is 36.1 Å². The molecule has 0 radical (unpaired) electrons. The summed E-state index contributed by atoms with van der Waals surface area (Å²) in [6.45, 7) is 3.50. The van der Waals surface area contributed by atoms with Gasteiger partial charge in [0.2, 0.25) is 0 Å². The average Bonchev–Trinajstić information content (AvgIpc) is 3.39. The van der Waals surface area contributed by atoms with Gasteiger partial charge in [0.25, 0.3) is 15.9 Å². The fourth-order valence-electron chi connectivity index (χ4n) is 4.76. The number of ether oxygens (including phenoxy) is 1. The molecular formula is C29H32N4O4S2. The number of methoxy groups -OCH3 is 1. The van der Waals surface area contributed by atoms with Crippen molar-refractivity contribution in [3.05, 3.63) is 77.4 Å². The van der Waals surface area contributed by atoms with Gasteiger partial charge in [-0.1, -0.05) is 35.6 Å². The van der Waals surface area contributed by atoms with Gasteiger partial charge in [0.05, 0.1) is 22.4 Å². The third-order valence-corrected chi connectivity index (χ3v) is 9.96. The second kappa shape index (κ2) is 11.0. The van der Waals surface area contributed by atoms with Crippen molar-refractivity contribution < 1.29 is 17.9 Å². The maximum atomic E-state index is 13.8. The predicted octanol–water partition coefficient (Wildman–Crippen LogP) is 4.96. The molecule has 0 atom stereocenters. The molecule has 39 heavy (non-hydrogen) atoms. The molecule has 10 heteroatoms. The molecule has 0 fully saturated rings. The second-order valence-electron chi connectivity index (χ2n) is 9.85. The summed E-state index contributed by atoms with van der Waals surface area (Å²) in [6, 6.07) is 17.7. The minimum atomic E-state index is -3.76. The topological polar surface area (TPSA) is 83.0 Å². The zero-order valence-corrected chi connectivity index (χ0v) is 24.2. The van der Waals surface area contributed by atoms with Crippen LogP contribution in [0, 0.1) is 6.92 Å². The Balaban J connectivity index is 1.47. The van der Waals surface area contributed by atoms with Crippen LogP contribution in [0.1, 0.15) is 27.9 Å². The van der Waals surface area contributed by atoms with Crippen molar-refractivity contribution in [3.63, 3.8) is 0 Å². The summed E-state index contributed by atoms with van der Waals surface area (Å²) >= 11 is 1.45. The summed E-state index contributed by atoms with van der Waals surface area (Å²) in [7, 11) is 1.75. The monoisotopic (exact) mass is 564 g/mol. The molecule has 0 bridgehead atoms. The SMILES string of the molecule is COc1ccc(C)c2sc(N(CCN(C)C)C(=O)c3ccc(S(=O)(=O)N4CCCc5ccccc54)cc3)nc12. The Hall–Kier alpha value is -3.47. The molecule has 0 spiro atoms. The van der Waals surface area contributed by atoms with Gasteiger partial charge < -0.3 is 9.64 Å². The lowest BCUT2D eigenvalue weighted by molar-refractivity contribution is 0.0985. The van der Waals surface area contributed by atoms with E-state index in [1.165, 1.54) is 27.8 Å². The summed E-state index contributed by atoms with van der Waals surface area (Å²) in [4.78, 5) is 22.4. The number of hydrogen-bond donors (Lipinski definition) is 0. The molecule has 5 rings (SSSR count). The van der Waals surface area contributed by atoms with Crippen LogP contribution in [0.4, 0.5) is 10.8 Å². The molecule has 1 aliphatic heterocycles. The van der Waals surface area contributed by atoms with Crippen LogP contribution in [0.5, 0.6) is 5.75 Å². The summed E-state index contributed by atoms with van der Waals surface area (Å²) in [5.41, 5.74) is 3.93. The molecule has 0 saturated heterocycles. The number of thiazole rings is 1. The number of hydrogen-bond acceptors (Lipinski definition) is 7. The van der Waals surface area contributed by atoms with E-state index >= 15 is 0 Å². The lowest BCUT2D eigenvalue weighted by Crippen LogP contribution is -2.37. The lowest BCUT2D eigenvalue weighted by Gasteiger charge is -2.30. The van der Waals surface area contributed by atoms with Gasteiger partial charge in [-0.05, 0) is 81.4 Å². The van der Waals surface area contributed by atoms with E-state index in [4.69, 9.17) is 9.72 Å². The molecule has 1 amide bonds. The number of anilines is 2. The Morgan fingerprint density at radius 3 is 2.51 bits per heavy atom. The number of likely N-dealkylation sites (N-methyl/N-ethyl adjacent to an activating group) is 1. The number of aromatic nitrogens is 1.